The van der Waals surface area contributed by atoms with Gasteiger partial charge in [0.25, 0.3) is 0 Å². The van der Waals surface area contributed by atoms with E-state index in [9.17, 15) is 4.79 Å². The van der Waals surface area contributed by atoms with Crippen molar-refractivity contribution in [2.75, 3.05) is 5.73 Å². The third kappa shape index (κ3) is 3.65. The number of hydrogen-bond acceptors (Lipinski definition) is 3. The van der Waals surface area contributed by atoms with Gasteiger partial charge in [0.1, 0.15) is 6.61 Å². The summed E-state index contributed by atoms with van der Waals surface area (Å²) >= 11 is 11.9. The molecule has 0 aliphatic carbocycles. The highest BCUT2D eigenvalue weighted by atomic mass is 35.5. The number of nitrogen functional groups attached to an aromatic ring is 1. The Morgan fingerprint density at radius 1 is 1.20 bits per heavy atom. The van der Waals surface area contributed by atoms with Crippen molar-refractivity contribution in [1.82, 2.24) is 0 Å². The quantitative estimate of drug-likeness (QED) is 0.681. The third-order valence-corrected chi connectivity index (χ3v) is 3.29. The molecule has 2 aromatic carbocycles. The van der Waals surface area contributed by atoms with Gasteiger partial charge in [-0.3, -0.25) is 0 Å². The van der Waals surface area contributed by atoms with E-state index in [0.717, 1.165) is 11.1 Å². The van der Waals surface area contributed by atoms with Crippen molar-refractivity contribution in [2.45, 2.75) is 13.5 Å². The molecule has 2 aromatic rings. The lowest BCUT2D eigenvalue weighted by molar-refractivity contribution is 0.0473. The first kappa shape index (κ1) is 14.7. The summed E-state index contributed by atoms with van der Waals surface area (Å²) in [5, 5.41) is 0.966. The van der Waals surface area contributed by atoms with Crippen LogP contribution >= 0.6 is 23.2 Å². The van der Waals surface area contributed by atoms with Crippen LogP contribution in [-0.4, -0.2) is 5.97 Å². The maximum atomic E-state index is 11.9. The van der Waals surface area contributed by atoms with E-state index in [-0.39, 0.29) is 6.61 Å². The number of benzene rings is 2. The predicted molar refractivity (Wildman–Crippen MR) is 81.2 cm³/mol. The smallest absolute Gasteiger partial charge is 0.338 e. The Labute approximate surface area is 127 Å². The number of carbonyl (C=O) groups is 1. The largest absolute Gasteiger partial charge is 0.457 e. The van der Waals surface area contributed by atoms with Gasteiger partial charge in [-0.15, -0.1) is 0 Å². The van der Waals surface area contributed by atoms with E-state index in [1.165, 1.54) is 12.1 Å². The molecule has 0 aliphatic rings. The molecule has 0 atom stereocenters. The van der Waals surface area contributed by atoms with E-state index in [2.05, 4.69) is 0 Å². The molecular formula is C15H13Cl2NO2. The summed E-state index contributed by atoms with van der Waals surface area (Å²) in [6, 6.07) is 10.2. The molecule has 0 radical (unpaired) electrons. The van der Waals surface area contributed by atoms with Crippen LogP contribution in [0.15, 0.2) is 36.4 Å². The number of aryl methyl sites for hydroxylation is 1. The summed E-state index contributed by atoms with van der Waals surface area (Å²) in [4.78, 5) is 11.9. The number of ether oxygens (including phenoxy) is 1. The topological polar surface area (TPSA) is 52.3 Å². The molecule has 0 aromatic heterocycles. The van der Waals surface area contributed by atoms with E-state index in [1.807, 2.05) is 25.1 Å². The van der Waals surface area contributed by atoms with Crippen molar-refractivity contribution in [2.24, 2.45) is 0 Å². The molecule has 0 aliphatic heterocycles. The van der Waals surface area contributed by atoms with Crippen molar-refractivity contribution in [3.63, 3.8) is 0 Å². The summed E-state index contributed by atoms with van der Waals surface area (Å²) in [5.74, 6) is -0.490. The second kappa shape index (κ2) is 6.16. The van der Waals surface area contributed by atoms with E-state index in [1.54, 1.807) is 6.07 Å². The monoisotopic (exact) mass is 309 g/mol. The highest BCUT2D eigenvalue weighted by Gasteiger charge is 2.10. The zero-order chi connectivity index (χ0) is 14.7. The number of halogens is 2. The fourth-order valence-electron chi connectivity index (χ4n) is 1.73. The predicted octanol–water partition coefficient (Wildman–Crippen LogP) is 4.24. The average Bonchev–Trinajstić information content (AvgIpc) is 2.36. The first-order valence-electron chi connectivity index (χ1n) is 5.94. The summed E-state index contributed by atoms with van der Waals surface area (Å²) in [5.41, 5.74) is 8.16. The molecule has 5 heteroatoms. The fourth-order valence-corrected chi connectivity index (χ4v) is 2.26. The Morgan fingerprint density at radius 2 is 1.95 bits per heavy atom. The summed E-state index contributed by atoms with van der Waals surface area (Å²) in [6.45, 7) is 2.04. The average molecular weight is 310 g/mol. The summed E-state index contributed by atoms with van der Waals surface area (Å²) in [6.07, 6.45) is 0. The summed E-state index contributed by atoms with van der Waals surface area (Å²) < 4.78 is 5.21. The highest BCUT2D eigenvalue weighted by molar-refractivity contribution is 6.31. The minimum Gasteiger partial charge on any atom is -0.457 e. The van der Waals surface area contributed by atoms with Crippen LogP contribution in [0, 0.1) is 6.92 Å². The van der Waals surface area contributed by atoms with Gasteiger partial charge in [-0.25, -0.2) is 4.79 Å². The molecule has 20 heavy (non-hydrogen) atoms. The van der Waals surface area contributed by atoms with E-state index < -0.39 is 5.97 Å². The Hall–Kier alpha value is -1.71. The molecule has 3 nitrogen and oxygen atoms in total. The van der Waals surface area contributed by atoms with Crippen molar-refractivity contribution >= 4 is 34.9 Å². The molecule has 0 unspecified atom stereocenters. The Kier molecular flexibility index (Phi) is 4.53. The van der Waals surface area contributed by atoms with Crippen LogP contribution in [0.2, 0.25) is 10.0 Å². The van der Waals surface area contributed by atoms with E-state index in [0.29, 0.717) is 21.3 Å². The zero-order valence-electron chi connectivity index (χ0n) is 10.8. The van der Waals surface area contributed by atoms with Gasteiger partial charge in [-0.2, -0.15) is 0 Å². The van der Waals surface area contributed by atoms with E-state index >= 15 is 0 Å². The zero-order valence-corrected chi connectivity index (χ0v) is 12.3. The minimum atomic E-state index is -0.490. The van der Waals surface area contributed by atoms with Gasteiger partial charge in [-0.1, -0.05) is 35.3 Å². The van der Waals surface area contributed by atoms with Crippen LogP contribution in [0.4, 0.5) is 5.69 Å². The highest BCUT2D eigenvalue weighted by Crippen LogP contribution is 2.20. The van der Waals surface area contributed by atoms with Crippen LogP contribution in [0.25, 0.3) is 0 Å². The number of esters is 1. The molecule has 2 rings (SSSR count). The van der Waals surface area contributed by atoms with Crippen LogP contribution in [0.1, 0.15) is 21.5 Å². The van der Waals surface area contributed by atoms with Crippen LogP contribution in [-0.2, 0) is 11.3 Å². The first-order valence-corrected chi connectivity index (χ1v) is 6.69. The number of carbonyl (C=O) groups excluding carboxylic acids is 1. The van der Waals surface area contributed by atoms with Gasteiger partial charge in [0.05, 0.1) is 5.56 Å². The fraction of sp³-hybridized carbons (Fsp3) is 0.133. The van der Waals surface area contributed by atoms with Crippen molar-refractivity contribution in [3.05, 3.63) is 63.1 Å². The molecule has 0 spiro atoms. The number of rotatable bonds is 3. The minimum absolute atomic E-state index is 0.102. The lowest BCUT2D eigenvalue weighted by Gasteiger charge is -2.08. The Balaban J connectivity index is 2.08. The van der Waals surface area contributed by atoms with Gasteiger partial charge in [-0.05, 0) is 36.8 Å². The standard InChI is InChI=1S/C15H13Cl2NO2/c1-9-2-3-10(14(17)4-9)8-20-15(19)11-5-12(16)7-13(18)6-11/h2-7H,8,18H2,1H3. The molecule has 0 fully saturated rings. The van der Waals surface area contributed by atoms with Crippen molar-refractivity contribution in [3.8, 4) is 0 Å². The van der Waals surface area contributed by atoms with Gasteiger partial charge in [0, 0.05) is 21.3 Å². The van der Waals surface area contributed by atoms with Crippen molar-refractivity contribution < 1.29 is 9.53 Å². The summed E-state index contributed by atoms with van der Waals surface area (Å²) in [7, 11) is 0. The number of hydrogen-bond donors (Lipinski definition) is 1. The maximum Gasteiger partial charge on any atom is 0.338 e. The third-order valence-electron chi connectivity index (χ3n) is 2.72. The first-order chi connectivity index (χ1) is 9.45. The van der Waals surface area contributed by atoms with Gasteiger partial charge in [0.15, 0.2) is 0 Å². The SMILES string of the molecule is Cc1ccc(COC(=O)c2cc(N)cc(Cl)c2)c(Cl)c1. The second-order valence-electron chi connectivity index (χ2n) is 4.44. The molecular weight excluding hydrogens is 297 g/mol. The number of nitrogens with two attached hydrogens (primary N) is 1. The van der Waals surface area contributed by atoms with Gasteiger partial charge >= 0.3 is 5.97 Å². The Morgan fingerprint density at radius 3 is 2.60 bits per heavy atom. The van der Waals surface area contributed by atoms with Gasteiger partial charge < -0.3 is 10.5 Å². The molecule has 0 saturated heterocycles. The molecule has 2 N–H and O–H groups in total. The Bertz CT molecular complexity index is 636. The van der Waals surface area contributed by atoms with Gasteiger partial charge in [0.2, 0.25) is 0 Å². The normalized spacial score (nSPS) is 10.3. The number of anilines is 1. The molecule has 0 saturated carbocycles. The lowest BCUT2D eigenvalue weighted by atomic mass is 10.1. The molecule has 0 bridgehead atoms. The van der Waals surface area contributed by atoms with Crippen molar-refractivity contribution in [1.29, 1.82) is 0 Å². The van der Waals surface area contributed by atoms with Crippen LogP contribution in [0.3, 0.4) is 0 Å². The molecule has 104 valence electrons. The lowest BCUT2D eigenvalue weighted by Crippen LogP contribution is -2.06. The van der Waals surface area contributed by atoms with Crippen LogP contribution in [0.5, 0.6) is 0 Å². The maximum absolute atomic E-state index is 11.9. The van der Waals surface area contributed by atoms with E-state index in [4.69, 9.17) is 33.7 Å². The second-order valence-corrected chi connectivity index (χ2v) is 5.29. The molecule has 0 heterocycles. The van der Waals surface area contributed by atoms with Crippen LogP contribution < -0.4 is 5.73 Å². The molecule has 0 amide bonds.